The maximum atomic E-state index is 13.2. The van der Waals surface area contributed by atoms with Gasteiger partial charge >= 0.3 is 12.3 Å². The van der Waals surface area contributed by atoms with Gasteiger partial charge in [-0.15, -0.1) is 0 Å². The molecule has 1 aromatic carbocycles. The molecule has 1 aliphatic rings. The van der Waals surface area contributed by atoms with E-state index < -0.39 is 30.5 Å². The molecule has 6 nitrogen and oxygen atoms in total. The lowest BCUT2D eigenvalue weighted by molar-refractivity contribution is -0.138. The fourth-order valence-corrected chi connectivity index (χ4v) is 2.11. The smallest absolute Gasteiger partial charge is 0.428 e. The predicted molar refractivity (Wildman–Crippen MR) is 73.9 cm³/mol. The van der Waals surface area contributed by atoms with Crippen molar-refractivity contribution in [1.29, 1.82) is 0 Å². The molecule has 0 radical (unpaired) electrons. The van der Waals surface area contributed by atoms with E-state index in [2.05, 4.69) is 9.84 Å². The highest BCUT2D eigenvalue weighted by molar-refractivity contribution is 6.03. The van der Waals surface area contributed by atoms with Crippen molar-refractivity contribution in [3.63, 3.8) is 0 Å². The van der Waals surface area contributed by atoms with Crippen LogP contribution in [-0.2, 0) is 17.3 Å². The number of ether oxygens (including phenoxy) is 1. The first-order valence-electron chi connectivity index (χ1n) is 6.80. The Bertz CT molecular complexity index is 617. The highest BCUT2D eigenvalue weighted by Crippen LogP contribution is 2.33. The van der Waals surface area contributed by atoms with Gasteiger partial charge in [0.1, 0.15) is 12.3 Å². The van der Waals surface area contributed by atoms with E-state index in [0.717, 1.165) is 6.07 Å². The van der Waals surface area contributed by atoms with Crippen molar-refractivity contribution in [2.45, 2.75) is 25.1 Å². The number of aliphatic hydroxyl groups is 2. The number of aryl methyl sites for hydroxylation is 1. The van der Waals surface area contributed by atoms with E-state index in [1.54, 1.807) is 0 Å². The van der Waals surface area contributed by atoms with Crippen molar-refractivity contribution >= 4 is 11.8 Å². The normalized spacial score (nSPS) is 16.4. The Morgan fingerprint density at radius 1 is 1.39 bits per heavy atom. The number of hydrazone groups is 1. The first-order valence-corrected chi connectivity index (χ1v) is 6.80. The van der Waals surface area contributed by atoms with Crippen LogP contribution >= 0.6 is 0 Å². The molecule has 23 heavy (non-hydrogen) atoms. The number of alkyl halides is 3. The van der Waals surface area contributed by atoms with E-state index in [0.29, 0.717) is 0 Å². The molecule has 2 rings (SSSR count). The van der Waals surface area contributed by atoms with Gasteiger partial charge in [0.2, 0.25) is 0 Å². The van der Waals surface area contributed by atoms with E-state index in [4.69, 9.17) is 5.11 Å². The summed E-state index contributed by atoms with van der Waals surface area (Å²) in [6.07, 6.45) is -6.42. The third-order valence-corrected chi connectivity index (χ3v) is 3.33. The molecule has 9 heteroatoms. The van der Waals surface area contributed by atoms with Crippen LogP contribution in [0, 0.1) is 0 Å². The second-order valence-corrected chi connectivity index (χ2v) is 4.99. The lowest BCUT2D eigenvalue weighted by Crippen LogP contribution is -2.31. The Hall–Kier alpha value is -2.13. The molecule has 0 aromatic heterocycles. The highest BCUT2D eigenvalue weighted by Gasteiger charge is 2.34. The zero-order chi connectivity index (χ0) is 17.0. The van der Waals surface area contributed by atoms with Crippen LogP contribution in [0.25, 0.3) is 0 Å². The second-order valence-electron chi connectivity index (χ2n) is 4.99. The zero-order valence-corrected chi connectivity index (χ0v) is 11.9. The van der Waals surface area contributed by atoms with Crippen molar-refractivity contribution < 1.29 is 32.9 Å². The summed E-state index contributed by atoms with van der Waals surface area (Å²) in [4.78, 5) is 10.8. The second kappa shape index (κ2) is 6.97. The topological polar surface area (TPSA) is 91.2 Å². The van der Waals surface area contributed by atoms with Crippen LogP contribution in [0.1, 0.15) is 23.1 Å². The van der Waals surface area contributed by atoms with Gasteiger partial charge in [-0.2, -0.15) is 18.3 Å². The number of cyclic esters (lactones) is 1. The van der Waals surface area contributed by atoms with Crippen LogP contribution in [0.3, 0.4) is 0 Å². The Morgan fingerprint density at radius 2 is 2.13 bits per heavy atom. The van der Waals surface area contributed by atoms with Crippen LogP contribution < -0.4 is 5.43 Å². The number of aliphatic hydroxyl groups excluding tert-OH is 2. The maximum absolute atomic E-state index is 13.2. The number of amides is 1. The van der Waals surface area contributed by atoms with Crippen LogP contribution in [0.5, 0.6) is 0 Å². The van der Waals surface area contributed by atoms with Crippen molar-refractivity contribution in [3.8, 4) is 0 Å². The number of benzene rings is 1. The molecule has 3 N–H and O–H groups in total. The largest absolute Gasteiger partial charge is 0.442 e. The summed E-state index contributed by atoms with van der Waals surface area (Å²) in [7, 11) is 0. The Morgan fingerprint density at radius 3 is 2.70 bits per heavy atom. The molecular formula is C14H15F3N2O4. The lowest BCUT2D eigenvalue weighted by Gasteiger charge is -2.18. The molecular weight excluding hydrogens is 317 g/mol. The first-order chi connectivity index (χ1) is 10.8. The van der Waals surface area contributed by atoms with Crippen LogP contribution in [0.2, 0.25) is 0 Å². The molecule has 0 fully saturated rings. The standard InChI is InChI=1S/C14H15F3N2O4/c15-14(16,17)11-5-9(12-7-23-13(22)19-18-12)2-1-8(11)3-4-10(21)6-20/h1-2,5,10,20-21H,3-4,6-7H2,(H,19,22). The molecule has 1 amide bonds. The van der Waals surface area contributed by atoms with Gasteiger partial charge < -0.3 is 14.9 Å². The number of carbonyl (C=O) groups excluding carboxylic acids is 1. The van der Waals surface area contributed by atoms with Crippen molar-refractivity contribution in [2.75, 3.05) is 13.2 Å². The van der Waals surface area contributed by atoms with Gasteiger partial charge in [-0.3, -0.25) is 0 Å². The van der Waals surface area contributed by atoms with Gasteiger partial charge in [0.15, 0.2) is 0 Å². The van der Waals surface area contributed by atoms with Crippen molar-refractivity contribution in [2.24, 2.45) is 5.10 Å². The summed E-state index contributed by atoms with van der Waals surface area (Å²) in [6, 6.07) is 3.66. The zero-order valence-electron chi connectivity index (χ0n) is 11.9. The van der Waals surface area contributed by atoms with E-state index in [-0.39, 0.29) is 36.3 Å². The number of nitrogens with zero attached hydrogens (tertiary/aromatic N) is 1. The van der Waals surface area contributed by atoms with Crippen molar-refractivity contribution in [1.82, 2.24) is 5.43 Å². The molecule has 1 aliphatic heterocycles. The Labute approximate surface area is 129 Å². The molecule has 1 aromatic rings. The fourth-order valence-electron chi connectivity index (χ4n) is 2.11. The summed E-state index contributed by atoms with van der Waals surface area (Å²) >= 11 is 0. The minimum absolute atomic E-state index is 0.00936. The molecule has 1 atom stereocenters. The van der Waals surface area contributed by atoms with Crippen LogP contribution in [0.15, 0.2) is 23.3 Å². The molecule has 126 valence electrons. The third-order valence-electron chi connectivity index (χ3n) is 3.33. The average Bonchev–Trinajstić information content (AvgIpc) is 2.52. The maximum Gasteiger partial charge on any atom is 0.428 e. The number of nitrogens with one attached hydrogen (secondary N) is 1. The Balaban J connectivity index is 2.29. The average molecular weight is 332 g/mol. The molecule has 1 unspecified atom stereocenters. The lowest BCUT2D eigenvalue weighted by atomic mass is 9.97. The van der Waals surface area contributed by atoms with Gasteiger partial charge in [0.05, 0.1) is 18.3 Å². The number of halogens is 3. The Kier molecular flexibility index (Phi) is 5.22. The van der Waals surface area contributed by atoms with Crippen LogP contribution in [0.4, 0.5) is 18.0 Å². The minimum Gasteiger partial charge on any atom is -0.442 e. The molecule has 0 bridgehead atoms. The van der Waals surface area contributed by atoms with Gasteiger partial charge in [-0.25, -0.2) is 10.2 Å². The number of carbonyl (C=O) groups is 1. The fraction of sp³-hybridized carbons (Fsp3) is 0.429. The number of hydrogen-bond acceptors (Lipinski definition) is 5. The van der Waals surface area contributed by atoms with Gasteiger partial charge in [0, 0.05) is 5.56 Å². The highest BCUT2D eigenvalue weighted by atomic mass is 19.4. The predicted octanol–water partition coefficient (Wildman–Crippen LogP) is 1.44. The summed E-state index contributed by atoms with van der Waals surface area (Å²) in [5.41, 5.74) is 1.56. The molecule has 0 saturated carbocycles. The summed E-state index contributed by atoms with van der Waals surface area (Å²) < 4.78 is 44.3. The minimum atomic E-state index is -4.57. The molecule has 0 saturated heterocycles. The summed E-state index contributed by atoms with van der Waals surface area (Å²) in [6.45, 7) is -0.723. The quantitative estimate of drug-likeness (QED) is 0.761. The van der Waals surface area contributed by atoms with E-state index in [1.165, 1.54) is 12.1 Å². The molecule has 1 heterocycles. The first kappa shape index (κ1) is 17.2. The summed E-state index contributed by atoms with van der Waals surface area (Å²) in [5.74, 6) is 0. The summed E-state index contributed by atoms with van der Waals surface area (Å²) in [5, 5.41) is 21.7. The van der Waals surface area contributed by atoms with Gasteiger partial charge in [-0.1, -0.05) is 12.1 Å². The molecule has 0 aliphatic carbocycles. The monoisotopic (exact) mass is 332 g/mol. The van der Waals surface area contributed by atoms with Gasteiger partial charge in [-0.05, 0) is 24.5 Å². The number of rotatable bonds is 5. The van der Waals surface area contributed by atoms with Crippen molar-refractivity contribution in [3.05, 3.63) is 34.9 Å². The van der Waals surface area contributed by atoms with E-state index >= 15 is 0 Å². The van der Waals surface area contributed by atoms with E-state index in [1.807, 2.05) is 5.43 Å². The van der Waals surface area contributed by atoms with Gasteiger partial charge in [0.25, 0.3) is 0 Å². The van der Waals surface area contributed by atoms with Crippen LogP contribution in [-0.4, -0.2) is 41.3 Å². The SMILES string of the molecule is O=C1NN=C(c2ccc(CCC(O)CO)c(C(F)(F)F)c2)CO1. The van der Waals surface area contributed by atoms with E-state index in [9.17, 15) is 23.1 Å². The number of hydrogen-bond donors (Lipinski definition) is 3. The third kappa shape index (κ3) is 4.42. The molecule has 0 spiro atoms.